The van der Waals surface area contributed by atoms with Crippen molar-refractivity contribution >= 4 is 23.4 Å². The van der Waals surface area contributed by atoms with Gasteiger partial charge < -0.3 is 29.3 Å². The molecule has 3 amide bonds. The zero-order valence-corrected chi connectivity index (χ0v) is 33.3. The topological polar surface area (TPSA) is 112 Å². The van der Waals surface area contributed by atoms with Gasteiger partial charge >= 0.3 is 0 Å². The van der Waals surface area contributed by atoms with E-state index in [0.717, 1.165) is 88.3 Å². The normalized spacial score (nSPS) is 24.3. The molecule has 3 fully saturated rings. The molecule has 6 aliphatic rings. The molecule has 0 unspecified atom stereocenters. The van der Waals surface area contributed by atoms with Gasteiger partial charge in [-0.15, -0.1) is 0 Å². The number of methoxy groups -OCH3 is 1. The number of aryl methyl sites for hydroxylation is 1. The van der Waals surface area contributed by atoms with E-state index in [4.69, 9.17) is 9.47 Å². The average Bonchev–Trinajstić information content (AvgIpc) is 3.76. The van der Waals surface area contributed by atoms with Crippen LogP contribution in [0.15, 0.2) is 78.9 Å². The number of carbonyl (C=O) groups is 3. The number of nitrogens with one attached hydrogen (secondary N) is 1. The number of imide groups is 1. The summed E-state index contributed by atoms with van der Waals surface area (Å²) in [5, 5.41) is 12.7. The number of piperidine rings is 3. The first kappa shape index (κ1) is 37.0. The summed E-state index contributed by atoms with van der Waals surface area (Å²) >= 11 is 0. The lowest BCUT2D eigenvalue weighted by Crippen LogP contribution is -2.52. The molecule has 0 bridgehead atoms. The molecule has 2 N–H and O–H groups in total. The number of ether oxygens (including phenoxy) is 2. The summed E-state index contributed by atoms with van der Waals surface area (Å²) in [7, 11) is 1.79. The van der Waals surface area contributed by atoms with Crippen LogP contribution in [0.2, 0.25) is 0 Å². The van der Waals surface area contributed by atoms with Crippen LogP contribution in [0.4, 0.5) is 5.69 Å². The van der Waals surface area contributed by atoms with Gasteiger partial charge in [0.15, 0.2) is 0 Å². The van der Waals surface area contributed by atoms with Crippen LogP contribution in [0.5, 0.6) is 17.2 Å². The number of rotatable bonds is 7. The minimum Gasteiger partial charge on any atom is -0.508 e. The number of carbonyl (C=O) groups excluding carboxylic acids is 3. The fourth-order valence-electron chi connectivity index (χ4n) is 11.1. The molecule has 1 aliphatic carbocycles. The van der Waals surface area contributed by atoms with Crippen molar-refractivity contribution in [2.24, 2.45) is 5.92 Å². The van der Waals surface area contributed by atoms with Crippen molar-refractivity contribution in [2.75, 3.05) is 51.3 Å². The number of aromatic hydroxyl groups is 1. The van der Waals surface area contributed by atoms with E-state index in [1.165, 1.54) is 33.5 Å². The molecule has 300 valence electrons. The van der Waals surface area contributed by atoms with E-state index < -0.39 is 6.04 Å². The zero-order valence-electron chi connectivity index (χ0n) is 33.3. The highest BCUT2D eigenvalue weighted by atomic mass is 16.5. The van der Waals surface area contributed by atoms with Gasteiger partial charge in [0.25, 0.3) is 5.91 Å². The summed E-state index contributed by atoms with van der Waals surface area (Å²) in [5.41, 5.74) is 8.98. The maximum atomic E-state index is 13.4. The molecule has 1 spiro atoms. The Hall–Kier alpha value is -5.35. The number of phenols is 1. The van der Waals surface area contributed by atoms with Crippen molar-refractivity contribution in [2.45, 2.75) is 81.2 Å². The molecule has 3 atom stereocenters. The first-order valence-corrected chi connectivity index (χ1v) is 21.2. The van der Waals surface area contributed by atoms with E-state index >= 15 is 0 Å². The van der Waals surface area contributed by atoms with Gasteiger partial charge in [0.2, 0.25) is 11.8 Å². The van der Waals surface area contributed by atoms with E-state index in [1.54, 1.807) is 12.0 Å². The summed E-state index contributed by atoms with van der Waals surface area (Å²) in [6.45, 7) is 6.23. The number of likely N-dealkylation sites (tertiary alicyclic amines) is 1. The van der Waals surface area contributed by atoms with Crippen LogP contribution in [0.25, 0.3) is 0 Å². The number of phenolic OH excluding ortho intramolecular Hbond substituents is 1. The Kier molecular flexibility index (Phi) is 9.42. The van der Waals surface area contributed by atoms with Crippen LogP contribution in [-0.4, -0.2) is 85.1 Å². The van der Waals surface area contributed by atoms with Crippen LogP contribution >= 0.6 is 0 Å². The van der Waals surface area contributed by atoms with E-state index in [9.17, 15) is 19.5 Å². The first-order valence-electron chi connectivity index (χ1n) is 21.2. The lowest BCUT2D eigenvalue weighted by Gasteiger charge is -2.41. The number of benzene rings is 4. The molecule has 5 heterocycles. The fourth-order valence-corrected chi connectivity index (χ4v) is 11.1. The van der Waals surface area contributed by atoms with E-state index in [1.807, 2.05) is 18.2 Å². The Morgan fingerprint density at radius 2 is 1.64 bits per heavy atom. The van der Waals surface area contributed by atoms with Gasteiger partial charge in [0.1, 0.15) is 23.3 Å². The van der Waals surface area contributed by atoms with Crippen LogP contribution < -0.4 is 19.7 Å². The van der Waals surface area contributed by atoms with Gasteiger partial charge in [-0.3, -0.25) is 19.7 Å². The predicted molar refractivity (Wildman–Crippen MR) is 221 cm³/mol. The van der Waals surface area contributed by atoms with Gasteiger partial charge in [-0.25, -0.2) is 0 Å². The monoisotopic (exact) mass is 780 g/mol. The van der Waals surface area contributed by atoms with Gasteiger partial charge in [-0.1, -0.05) is 42.5 Å². The van der Waals surface area contributed by atoms with Crippen LogP contribution in [-0.2, 0) is 28.0 Å². The molecule has 5 aliphatic heterocycles. The van der Waals surface area contributed by atoms with Gasteiger partial charge in [0.05, 0.1) is 13.7 Å². The fraction of sp³-hybridized carbons (Fsp3) is 0.438. The molecule has 58 heavy (non-hydrogen) atoms. The predicted octanol–water partition coefficient (Wildman–Crippen LogP) is 6.67. The van der Waals surface area contributed by atoms with E-state index in [0.29, 0.717) is 42.7 Å². The van der Waals surface area contributed by atoms with Crippen molar-refractivity contribution in [1.29, 1.82) is 0 Å². The quantitative estimate of drug-likeness (QED) is 0.200. The lowest BCUT2D eigenvalue weighted by molar-refractivity contribution is -0.136. The number of amides is 3. The molecule has 10 heteroatoms. The third-order valence-electron chi connectivity index (χ3n) is 14.4. The van der Waals surface area contributed by atoms with Gasteiger partial charge in [0, 0.05) is 72.4 Å². The second-order valence-corrected chi connectivity index (χ2v) is 17.5. The number of anilines is 1. The third kappa shape index (κ3) is 6.49. The second kappa shape index (κ2) is 14.8. The molecular formula is C48H52N4O6. The SMILES string of the molecule is COc1cc(N2CCC(CN3CCC4(CC3)COc3cc5c(cc34)CN([C@@H]3CCC(=O)NC3=O)C5=O)CC2)ccc1[C@@H]1c2ccc(O)cc2CC[C@@H]1c1ccccc1. The molecule has 3 saturated heterocycles. The molecule has 10 nitrogen and oxygen atoms in total. The summed E-state index contributed by atoms with van der Waals surface area (Å²) in [6.07, 6.45) is 6.90. The van der Waals surface area contributed by atoms with Crippen molar-refractivity contribution in [3.8, 4) is 17.2 Å². The van der Waals surface area contributed by atoms with Gasteiger partial charge in [-0.2, -0.15) is 0 Å². The Labute approximate surface area is 340 Å². The number of hydrogen-bond donors (Lipinski definition) is 2. The Morgan fingerprint density at radius 3 is 2.41 bits per heavy atom. The average molecular weight is 781 g/mol. The van der Waals surface area contributed by atoms with Crippen molar-refractivity contribution in [3.63, 3.8) is 0 Å². The van der Waals surface area contributed by atoms with Crippen molar-refractivity contribution in [3.05, 3.63) is 118 Å². The summed E-state index contributed by atoms with van der Waals surface area (Å²) in [4.78, 5) is 44.5. The summed E-state index contributed by atoms with van der Waals surface area (Å²) in [5.74, 6) is 2.34. The summed E-state index contributed by atoms with van der Waals surface area (Å²) < 4.78 is 12.5. The van der Waals surface area contributed by atoms with Crippen molar-refractivity contribution < 1.29 is 29.0 Å². The number of hydrogen-bond acceptors (Lipinski definition) is 8. The molecule has 4 aromatic carbocycles. The van der Waals surface area contributed by atoms with Crippen LogP contribution in [0.3, 0.4) is 0 Å². The Bertz CT molecular complexity index is 2260. The lowest BCUT2D eigenvalue weighted by atomic mass is 9.69. The highest BCUT2D eigenvalue weighted by Crippen LogP contribution is 2.51. The number of nitrogens with zero attached hydrogens (tertiary/aromatic N) is 3. The standard InChI is InChI=1S/C48H52N4O6/c1-57-42-25-34(8-11-38(42)45-36(31-5-3-2-4-6-31)10-7-32-23-35(53)9-12-37(32)45)51-19-15-30(16-20-51)27-50-21-17-48(18-22-50)29-58-43-26-39-33(24-40(43)48)28-52(47(39)56)41-13-14-44(54)49-46(41)55/h2-6,8-9,11-12,23-26,30,36,41,45,53H,7,10,13-22,27-29H2,1H3,(H,49,54,55)/t36-,41-,45+/m1/s1. The minimum absolute atomic E-state index is 0.0524. The van der Waals surface area contributed by atoms with Gasteiger partial charge in [-0.05, 0) is 122 Å². The molecular weight excluding hydrogens is 729 g/mol. The molecule has 0 saturated carbocycles. The van der Waals surface area contributed by atoms with E-state index in [-0.39, 0.29) is 35.5 Å². The highest BCUT2D eigenvalue weighted by Gasteiger charge is 2.46. The molecule has 4 aromatic rings. The highest BCUT2D eigenvalue weighted by molar-refractivity contribution is 6.05. The molecule has 10 rings (SSSR count). The second-order valence-electron chi connectivity index (χ2n) is 17.5. The molecule has 0 radical (unpaired) electrons. The third-order valence-corrected chi connectivity index (χ3v) is 14.4. The largest absolute Gasteiger partial charge is 0.508 e. The maximum absolute atomic E-state index is 13.4. The maximum Gasteiger partial charge on any atom is 0.255 e. The summed E-state index contributed by atoms with van der Waals surface area (Å²) in [6, 6.07) is 27.0. The minimum atomic E-state index is -0.614. The smallest absolute Gasteiger partial charge is 0.255 e. The Morgan fingerprint density at radius 1 is 0.845 bits per heavy atom. The van der Waals surface area contributed by atoms with Crippen LogP contribution in [0.1, 0.15) is 101 Å². The Balaban J connectivity index is 0.775. The van der Waals surface area contributed by atoms with Crippen molar-refractivity contribution in [1.82, 2.24) is 15.1 Å². The van der Waals surface area contributed by atoms with E-state index in [2.05, 4.69) is 75.8 Å². The molecule has 0 aromatic heterocycles. The zero-order chi connectivity index (χ0) is 39.5. The number of fused-ring (bicyclic) bond motifs is 4. The first-order chi connectivity index (χ1) is 28.3. The van der Waals surface area contributed by atoms with Crippen LogP contribution in [0, 0.1) is 5.92 Å².